The Morgan fingerprint density at radius 1 is 0.639 bits per heavy atom. The van der Waals surface area contributed by atoms with Crippen molar-refractivity contribution in [2.24, 2.45) is 0 Å². The summed E-state index contributed by atoms with van der Waals surface area (Å²) in [4.78, 5) is 78.4. The van der Waals surface area contributed by atoms with Crippen LogP contribution in [0.25, 0.3) is 0 Å². The number of nitrogens with zero attached hydrogens (tertiary/aromatic N) is 2. The lowest BCUT2D eigenvalue weighted by atomic mass is 10.2. The van der Waals surface area contributed by atoms with E-state index in [4.69, 9.17) is 41.0 Å². The van der Waals surface area contributed by atoms with Gasteiger partial charge in [0.25, 0.3) is 0 Å². The van der Waals surface area contributed by atoms with Gasteiger partial charge in [0.05, 0.1) is 24.6 Å². The first kappa shape index (κ1) is 51.2. The quantitative estimate of drug-likeness (QED) is 0.0558. The van der Waals surface area contributed by atoms with Crippen LogP contribution < -0.4 is 21.7 Å². The standard InChI is InChI=1S/C20H25N3O6S.C12H19N3O4S.C8H7ClO2/c1-5-27-16(24)15(22-19(26)29-20(2,3)4)14-12-30-17(21-14)23-18(25)28-11-13-9-7-6-8-10-13;1-5-18-9(16)8(7-6-20-10(13)14-7)15-11(17)19-12(2,3)4;9-8(10)11-6-7-4-2-1-3-5-7/h6-10,12,15H,5,11H2,1-4H3,(H,22,26)(H,21,23,25);6,8H,5H2,1-4H3,(H2,13,14)(H,15,17);1-5H,6H2. The van der Waals surface area contributed by atoms with Crippen LogP contribution in [-0.2, 0) is 51.2 Å². The smallest absolute Gasteiger partial charge is 0.413 e. The Morgan fingerprint density at radius 3 is 1.46 bits per heavy atom. The number of anilines is 2. The fourth-order valence-electron chi connectivity index (χ4n) is 4.28. The van der Waals surface area contributed by atoms with Gasteiger partial charge in [-0.3, -0.25) is 5.32 Å². The minimum Gasteiger partial charge on any atom is -0.464 e. The van der Waals surface area contributed by atoms with Crippen LogP contribution in [0, 0.1) is 0 Å². The van der Waals surface area contributed by atoms with E-state index in [0.717, 1.165) is 22.5 Å². The molecule has 0 fully saturated rings. The second kappa shape index (κ2) is 25.6. The Kier molecular flexibility index (Phi) is 21.5. The molecule has 0 saturated heterocycles. The predicted molar refractivity (Wildman–Crippen MR) is 229 cm³/mol. The summed E-state index contributed by atoms with van der Waals surface area (Å²) >= 11 is 7.22. The van der Waals surface area contributed by atoms with E-state index in [1.54, 1.807) is 60.8 Å². The van der Waals surface area contributed by atoms with Crippen molar-refractivity contribution < 1.29 is 57.2 Å². The maximum absolute atomic E-state index is 12.3. The van der Waals surface area contributed by atoms with Gasteiger partial charge in [0.2, 0.25) is 0 Å². The molecule has 2 atom stereocenters. The highest BCUT2D eigenvalue weighted by Crippen LogP contribution is 2.24. The van der Waals surface area contributed by atoms with Gasteiger partial charge in [-0.25, -0.2) is 38.7 Å². The first-order valence-electron chi connectivity index (χ1n) is 18.5. The Bertz CT molecular complexity index is 2000. The van der Waals surface area contributed by atoms with Crippen LogP contribution in [-0.4, -0.2) is 70.0 Å². The van der Waals surface area contributed by atoms with E-state index in [2.05, 4.69) is 30.7 Å². The van der Waals surface area contributed by atoms with Crippen molar-refractivity contribution in [3.8, 4) is 0 Å². The largest absolute Gasteiger partial charge is 0.464 e. The molecular formula is C40H51ClN6O12S2. The average Bonchev–Trinajstić information content (AvgIpc) is 3.83. The van der Waals surface area contributed by atoms with Gasteiger partial charge >= 0.3 is 35.6 Å². The van der Waals surface area contributed by atoms with Crippen LogP contribution in [0.5, 0.6) is 0 Å². The molecule has 0 spiro atoms. The lowest BCUT2D eigenvalue weighted by Gasteiger charge is -2.22. The second-order valence-electron chi connectivity index (χ2n) is 14.0. The zero-order valence-electron chi connectivity index (χ0n) is 35.0. The zero-order chi connectivity index (χ0) is 45.6. The Hall–Kier alpha value is -5.99. The number of alkyl carbamates (subject to hydrolysis) is 2. The number of hydrogen-bond donors (Lipinski definition) is 4. The Balaban J connectivity index is 0.000000353. The number of ether oxygens (including phenoxy) is 6. The first-order valence-corrected chi connectivity index (χ1v) is 20.7. The van der Waals surface area contributed by atoms with Crippen molar-refractivity contribution in [2.45, 2.75) is 91.9 Å². The molecular weight excluding hydrogens is 856 g/mol. The van der Waals surface area contributed by atoms with Crippen molar-refractivity contribution in [1.82, 2.24) is 20.6 Å². The van der Waals surface area contributed by atoms with Crippen molar-refractivity contribution in [1.29, 1.82) is 0 Å². The number of nitrogens with two attached hydrogens (primary N) is 1. The maximum atomic E-state index is 12.3. The summed E-state index contributed by atoms with van der Waals surface area (Å²) in [5.41, 5.74) is 5.68. The number of aromatic nitrogens is 2. The summed E-state index contributed by atoms with van der Waals surface area (Å²) in [6.07, 6.45) is -2.19. The van der Waals surface area contributed by atoms with E-state index in [1.807, 2.05) is 60.7 Å². The topological polar surface area (TPSA) is 246 Å². The average molecular weight is 907 g/mol. The van der Waals surface area contributed by atoms with Crippen LogP contribution in [0.4, 0.5) is 29.4 Å². The predicted octanol–water partition coefficient (Wildman–Crippen LogP) is 8.44. The molecule has 18 nitrogen and oxygen atoms in total. The van der Waals surface area contributed by atoms with Gasteiger partial charge in [0, 0.05) is 22.4 Å². The fraction of sp³-hybridized carbons (Fsp3) is 0.400. The molecule has 2 heterocycles. The van der Waals surface area contributed by atoms with Gasteiger partial charge in [0.1, 0.15) is 24.4 Å². The Morgan fingerprint density at radius 2 is 1.07 bits per heavy atom. The lowest BCUT2D eigenvalue weighted by Crippen LogP contribution is -2.39. The summed E-state index contributed by atoms with van der Waals surface area (Å²) in [5, 5.41) is 11.0. The molecule has 0 aliphatic heterocycles. The molecule has 61 heavy (non-hydrogen) atoms. The summed E-state index contributed by atoms with van der Waals surface area (Å²) in [6, 6.07) is 16.4. The molecule has 0 aliphatic carbocycles. The van der Waals surface area contributed by atoms with Gasteiger partial charge in [-0.1, -0.05) is 60.7 Å². The molecule has 0 radical (unpaired) electrons. The minimum atomic E-state index is -1.17. The van der Waals surface area contributed by atoms with Crippen LogP contribution in [0.15, 0.2) is 71.4 Å². The third kappa shape index (κ3) is 21.7. The lowest BCUT2D eigenvalue weighted by molar-refractivity contribution is -0.146. The molecule has 332 valence electrons. The number of amides is 3. The summed E-state index contributed by atoms with van der Waals surface area (Å²) in [6.45, 7) is 14.3. The highest BCUT2D eigenvalue weighted by molar-refractivity contribution is 7.14. The second-order valence-corrected chi connectivity index (χ2v) is 16.1. The number of carbonyl (C=O) groups is 6. The summed E-state index contributed by atoms with van der Waals surface area (Å²) < 4.78 is 29.9. The molecule has 2 aromatic heterocycles. The fourth-order valence-corrected chi connectivity index (χ4v) is 5.64. The summed E-state index contributed by atoms with van der Waals surface area (Å²) in [7, 11) is 0. The SMILES string of the molecule is CCOC(=O)C(NC(=O)OC(C)(C)C)c1csc(N)n1.CCOC(=O)C(NC(=O)OC(C)(C)C)c1csc(NC(=O)OCc2ccccc2)n1.O=C(Cl)OCc1ccccc1. The minimum absolute atomic E-state index is 0.108. The normalized spacial score (nSPS) is 11.6. The number of esters is 2. The molecule has 4 rings (SSSR count). The molecule has 5 N–H and O–H groups in total. The Labute approximate surface area is 366 Å². The van der Waals surface area contributed by atoms with Gasteiger partial charge in [0.15, 0.2) is 22.3 Å². The van der Waals surface area contributed by atoms with Crippen LogP contribution in [0.2, 0.25) is 0 Å². The van der Waals surface area contributed by atoms with Crippen molar-refractivity contribution in [2.75, 3.05) is 24.3 Å². The van der Waals surface area contributed by atoms with E-state index in [9.17, 15) is 28.8 Å². The number of thiazole rings is 2. The van der Waals surface area contributed by atoms with E-state index in [-0.39, 0.29) is 37.3 Å². The highest BCUT2D eigenvalue weighted by Gasteiger charge is 2.30. The van der Waals surface area contributed by atoms with Crippen molar-refractivity contribution in [3.63, 3.8) is 0 Å². The molecule has 0 bridgehead atoms. The van der Waals surface area contributed by atoms with Gasteiger partial charge in [-0.05, 0) is 66.5 Å². The van der Waals surface area contributed by atoms with E-state index in [0.29, 0.717) is 10.8 Å². The van der Waals surface area contributed by atoms with E-state index < -0.39 is 58.9 Å². The number of benzene rings is 2. The van der Waals surface area contributed by atoms with Crippen LogP contribution >= 0.6 is 34.3 Å². The molecule has 3 amide bonds. The number of rotatable bonds is 13. The zero-order valence-corrected chi connectivity index (χ0v) is 37.4. The van der Waals surface area contributed by atoms with Crippen LogP contribution in [0.1, 0.15) is 90.0 Å². The third-order valence-electron chi connectivity index (χ3n) is 6.64. The third-order valence-corrected chi connectivity index (χ3v) is 8.21. The summed E-state index contributed by atoms with van der Waals surface area (Å²) in [5.74, 6) is -1.30. The molecule has 2 aromatic carbocycles. The number of nitrogens with one attached hydrogen (secondary N) is 3. The molecule has 0 aliphatic rings. The maximum Gasteiger partial charge on any atom is 0.413 e. The van der Waals surface area contributed by atoms with E-state index in [1.165, 1.54) is 16.7 Å². The van der Waals surface area contributed by atoms with Gasteiger partial charge < -0.3 is 44.8 Å². The van der Waals surface area contributed by atoms with E-state index >= 15 is 0 Å². The van der Waals surface area contributed by atoms with Gasteiger partial charge in [-0.15, -0.1) is 22.7 Å². The molecule has 21 heteroatoms. The number of nitrogen functional groups attached to an aromatic ring is 1. The number of hydrogen-bond acceptors (Lipinski definition) is 17. The van der Waals surface area contributed by atoms with Gasteiger partial charge in [-0.2, -0.15) is 0 Å². The van der Waals surface area contributed by atoms with Crippen LogP contribution in [0.3, 0.4) is 0 Å². The molecule has 0 saturated carbocycles. The molecule has 2 unspecified atom stereocenters. The number of halogens is 1. The number of carbonyl (C=O) groups excluding carboxylic acids is 6. The first-order chi connectivity index (χ1) is 28.7. The van der Waals surface area contributed by atoms with Crippen molar-refractivity contribution >= 4 is 80.2 Å². The molecule has 4 aromatic rings. The van der Waals surface area contributed by atoms with Crippen molar-refractivity contribution in [3.05, 3.63) is 93.9 Å². The highest BCUT2D eigenvalue weighted by atomic mass is 35.5. The monoisotopic (exact) mass is 906 g/mol.